The van der Waals surface area contributed by atoms with Gasteiger partial charge in [-0.05, 0) is 60.5 Å². The molecular formula is C18H18BrF2N5O2. The molecule has 0 saturated carbocycles. The van der Waals surface area contributed by atoms with Gasteiger partial charge in [-0.2, -0.15) is 19.0 Å². The van der Waals surface area contributed by atoms with E-state index in [1.54, 1.807) is 40.7 Å². The normalized spacial score (nSPS) is 11.1. The highest BCUT2D eigenvalue weighted by atomic mass is 79.9. The Morgan fingerprint density at radius 3 is 2.64 bits per heavy atom. The molecule has 2 heterocycles. The molecule has 1 amide bonds. The molecule has 7 nitrogen and oxygen atoms in total. The zero-order valence-electron chi connectivity index (χ0n) is 15.4. The summed E-state index contributed by atoms with van der Waals surface area (Å²) in [6, 6.07) is 6.10. The van der Waals surface area contributed by atoms with Crippen molar-refractivity contribution in [3.8, 4) is 5.75 Å². The van der Waals surface area contributed by atoms with E-state index in [4.69, 9.17) is 0 Å². The predicted octanol–water partition coefficient (Wildman–Crippen LogP) is 4.13. The summed E-state index contributed by atoms with van der Waals surface area (Å²) in [5.74, 6) is -0.640. The molecule has 0 aliphatic heterocycles. The Morgan fingerprint density at radius 2 is 2.00 bits per heavy atom. The highest BCUT2D eigenvalue weighted by molar-refractivity contribution is 9.10. The first kappa shape index (κ1) is 20.0. The number of nitrogens with one attached hydrogen (secondary N) is 1. The van der Waals surface area contributed by atoms with Gasteiger partial charge in [-0.3, -0.25) is 9.48 Å². The van der Waals surface area contributed by atoms with E-state index in [0.717, 1.165) is 21.4 Å². The highest BCUT2D eigenvalue weighted by Gasteiger charge is 2.16. The summed E-state index contributed by atoms with van der Waals surface area (Å²) >= 11 is 3.47. The number of carbonyl (C=O) groups excluding carboxylic acids is 1. The summed E-state index contributed by atoms with van der Waals surface area (Å²) in [6.07, 6.45) is 1.64. The maximum absolute atomic E-state index is 12.6. The minimum absolute atomic E-state index is 0.110. The van der Waals surface area contributed by atoms with E-state index in [1.165, 1.54) is 6.07 Å². The van der Waals surface area contributed by atoms with E-state index in [1.807, 2.05) is 13.8 Å². The first-order valence-corrected chi connectivity index (χ1v) is 9.13. The molecule has 0 radical (unpaired) electrons. The van der Waals surface area contributed by atoms with Crippen molar-refractivity contribution in [2.75, 3.05) is 5.32 Å². The standard InChI is InChI=1S/C18H18BrF2N5O2/c1-10-4-5-15(28-18(20)21)14(8-10)22-17(27)13-6-7-25(24-13)9-26-12(3)16(19)11(2)23-26/h4-8,18H,9H2,1-3H3,(H,22,27). The molecule has 2 aromatic heterocycles. The van der Waals surface area contributed by atoms with Gasteiger partial charge in [0.05, 0.1) is 21.5 Å². The lowest BCUT2D eigenvalue weighted by molar-refractivity contribution is -0.0493. The van der Waals surface area contributed by atoms with Gasteiger partial charge in [-0.15, -0.1) is 0 Å². The zero-order chi connectivity index (χ0) is 20.4. The van der Waals surface area contributed by atoms with Gasteiger partial charge in [-0.1, -0.05) is 6.07 Å². The summed E-state index contributed by atoms with van der Waals surface area (Å²) in [6.45, 7) is 2.93. The Morgan fingerprint density at radius 1 is 1.25 bits per heavy atom. The molecule has 148 valence electrons. The SMILES string of the molecule is Cc1ccc(OC(F)F)c(NC(=O)c2ccn(Cn3nc(C)c(Br)c3C)n2)c1. The van der Waals surface area contributed by atoms with Crippen molar-refractivity contribution in [3.63, 3.8) is 0 Å². The van der Waals surface area contributed by atoms with Crippen molar-refractivity contribution >= 4 is 27.5 Å². The Balaban J connectivity index is 1.76. The van der Waals surface area contributed by atoms with Crippen LogP contribution in [0, 0.1) is 20.8 Å². The number of halogens is 3. The van der Waals surface area contributed by atoms with Crippen molar-refractivity contribution in [1.29, 1.82) is 0 Å². The number of rotatable bonds is 6. The Labute approximate surface area is 168 Å². The van der Waals surface area contributed by atoms with Crippen LogP contribution in [-0.4, -0.2) is 32.1 Å². The monoisotopic (exact) mass is 453 g/mol. The van der Waals surface area contributed by atoms with Crippen LogP contribution in [0.5, 0.6) is 5.75 Å². The number of amides is 1. The number of hydrogen-bond donors (Lipinski definition) is 1. The fourth-order valence-corrected chi connectivity index (χ4v) is 2.92. The third kappa shape index (κ3) is 4.38. The second-order valence-corrected chi connectivity index (χ2v) is 6.99. The average Bonchev–Trinajstić information content (AvgIpc) is 3.18. The van der Waals surface area contributed by atoms with E-state index >= 15 is 0 Å². The van der Waals surface area contributed by atoms with Crippen LogP contribution in [0.1, 0.15) is 27.4 Å². The fraction of sp³-hybridized carbons (Fsp3) is 0.278. The average molecular weight is 454 g/mol. The molecule has 0 unspecified atom stereocenters. The molecule has 3 aromatic rings. The lowest BCUT2D eigenvalue weighted by Crippen LogP contribution is -2.16. The Hall–Kier alpha value is -2.75. The van der Waals surface area contributed by atoms with Crippen LogP contribution in [0.2, 0.25) is 0 Å². The molecule has 0 aliphatic carbocycles. The van der Waals surface area contributed by atoms with Gasteiger partial charge in [0.1, 0.15) is 12.4 Å². The molecule has 1 N–H and O–H groups in total. The first-order chi connectivity index (χ1) is 13.2. The molecular weight excluding hydrogens is 436 g/mol. The largest absolute Gasteiger partial charge is 0.433 e. The lowest BCUT2D eigenvalue weighted by atomic mass is 10.2. The molecule has 1 aromatic carbocycles. The quantitative estimate of drug-likeness (QED) is 0.608. The number of carbonyl (C=O) groups is 1. The number of alkyl halides is 2. The molecule has 0 aliphatic rings. The number of hydrogen-bond acceptors (Lipinski definition) is 4. The summed E-state index contributed by atoms with van der Waals surface area (Å²) in [5.41, 5.74) is 2.88. The number of aryl methyl sites for hydroxylation is 2. The number of ether oxygens (including phenoxy) is 1. The van der Waals surface area contributed by atoms with Gasteiger partial charge in [0, 0.05) is 6.20 Å². The second-order valence-electron chi connectivity index (χ2n) is 6.20. The smallest absolute Gasteiger partial charge is 0.387 e. The van der Waals surface area contributed by atoms with Crippen LogP contribution < -0.4 is 10.1 Å². The molecule has 0 spiro atoms. The predicted molar refractivity (Wildman–Crippen MR) is 103 cm³/mol. The van der Waals surface area contributed by atoms with Crippen LogP contribution in [-0.2, 0) is 6.67 Å². The van der Waals surface area contributed by atoms with Crippen LogP contribution in [0.25, 0.3) is 0 Å². The minimum Gasteiger partial charge on any atom is -0.433 e. The van der Waals surface area contributed by atoms with Crippen molar-refractivity contribution in [1.82, 2.24) is 19.6 Å². The highest BCUT2D eigenvalue weighted by Crippen LogP contribution is 2.27. The molecule has 28 heavy (non-hydrogen) atoms. The maximum Gasteiger partial charge on any atom is 0.387 e. The first-order valence-electron chi connectivity index (χ1n) is 8.34. The van der Waals surface area contributed by atoms with Gasteiger partial charge in [0.2, 0.25) is 0 Å². The van der Waals surface area contributed by atoms with E-state index in [0.29, 0.717) is 6.67 Å². The van der Waals surface area contributed by atoms with Gasteiger partial charge >= 0.3 is 6.61 Å². The van der Waals surface area contributed by atoms with Crippen molar-refractivity contribution in [3.05, 3.63) is 57.6 Å². The van der Waals surface area contributed by atoms with Crippen LogP contribution in [0.3, 0.4) is 0 Å². The van der Waals surface area contributed by atoms with Gasteiger partial charge in [-0.25, -0.2) is 4.68 Å². The van der Waals surface area contributed by atoms with Crippen molar-refractivity contribution in [2.45, 2.75) is 34.1 Å². The van der Waals surface area contributed by atoms with E-state index < -0.39 is 12.5 Å². The molecule has 0 fully saturated rings. The summed E-state index contributed by atoms with van der Waals surface area (Å²) in [5, 5.41) is 11.2. The zero-order valence-corrected chi connectivity index (χ0v) is 17.0. The Kier molecular flexibility index (Phi) is 5.78. The topological polar surface area (TPSA) is 74.0 Å². The van der Waals surface area contributed by atoms with Crippen LogP contribution in [0.4, 0.5) is 14.5 Å². The number of aromatic nitrogens is 4. The van der Waals surface area contributed by atoms with Crippen molar-refractivity contribution < 1.29 is 18.3 Å². The lowest BCUT2D eigenvalue weighted by Gasteiger charge is -2.12. The fourth-order valence-electron chi connectivity index (χ4n) is 2.64. The number of anilines is 1. The van der Waals surface area contributed by atoms with Crippen LogP contribution >= 0.6 is 15.9 Å². The second kappa shape index (κ2) is 8.09. The summed E-state index contributed by atoms with van der Waals surface area (Å²) in [4.78, 5) is 12.5. The third-order valence-corrected chi connectivity index (χ3v) is 5.19. The van der Waals surface area contributed by atoms with Gasteiger partial charge in [0.25, 0.3) is 5.91 Å². The summed E-state index contributed by atoms with van der Waals surface area (Å²) in [7, 11) is 0. The maximum atomic E-state index is 12.6. The number of benzene rings is 1. The summed E-state index contributed by atoms with van der Waals surface area (Å²) < 4.78 is 33.8. The van der Waals surface area contributed by atoms with Crippen molar-refractivity contribution in [2.24, 2.45) is 0 Å². The molecule has 0 bridgehead atoms. The van der Waals surface area contributed by atoms with E-state index in [9.17, 15) is 13.6 Å². The molecule has 10 heteroatoms. The van der Waals surface area contributed by atoms with E-state index in [-0.39, 0.29) is 17.1 Å². The van der Waals surface area contributed by atoms with E-state index in [2.05, 4.69) is 36.2 Å². The van der Waals surface area contributed by atoms with Gasteiger partial charge < -0.3 is 10.1 Å². The Bertz CT molecular complexity index is 1020. The third-order valence-electron chi connectivity index (χ3n) is 4.04. The molecule has 0 saturated heterocycles. The minimum atomic E-state index is -2.99. The molecule has 0 atom stereocenters. The van der Waals surface area contributed by atoms with Crippen LogP contribution in [0.15, 0.2) is 34.9 Å². The van der Waals surface area contributed by atoms with Gasteiger partial charge in [0.15, 0.2) is 5.69 Å². The molecule has 3 rings (SSSR count). The number of nitrogens with zero attached hydrogens (tertiary/aromatic N) is 4.